The molecule has 4 nitrogen and oxygen atoms in total. The number of aryl methyl sites for hydroxylation is 2. The molecule has 2 saturated heterocycles. The summed E-state index contributed by atoms with van der Waals surface area (Å²) in [5, 5.41) is 4.48. The fourth-order valence-electron chi connectivity index (χ4n) is 5.31. The zero-order valence-corrected chi connectivity index (χ0v) is 25.0. The molecule has 2 aliphatic heterocycles. The first-order valence-electron chi connectivity index (χ1n) is 14.0. The van der Waals surface area contributed by atoms with Gasteiger partial charge >= 0.3 is 0 Å². The number of benzene rings is 2. The maximum atomic E-state index is 5.70. The summed E-state index contributed by atoms with van der Waals surface area (Å²) in [7, 11) is 3.89. The smallest absolute Gasteiger partial charge is 0.168 e. The molecule has 0 unspecified atom stereocenters. The molecule has 2 fully saturated rings. The third kappa shape index (κ3) is 9.28. The molecule has 0 atom stereocenters. The zero-order chi connectivity index (χ0) is 28.0. The van der Waals surface area contributed by atoms with Crippen LogP contribution in [0.3, 0.4) is 0 Å². The molecule has 0 bridgehead atoms. The first-order valence-corrected chi connectivity index (χ1v) is 14.4. The van der Waals surface area contributed by atoms with Gasteiger partial charge in [-0.3, -0.25) is 0 Å². The van der Waals surface area contributed by atoms with E-state index in [-0.39, 0.29) is 0 Å². The highest BCUT2D eigenvalue weighted by Crippen LogP contribution is 2.40. The van der Waals surface area contributed by atoms with Crippen LogP contribution >= 0.6 is 12.2 Å². The lowest BCUT2D eigenvalue weighted by Gasteiger charge is -2.37. The van der Waals surface area contributed by atoms with Crippen LogP contribution in [0.15, 0.2) is 62.2 Å². The Kier molecular flexibility index (Phi) is 13.6. The van der Waals surface area contributed by atoms with Gasteiger partial charge < -0.3 is 19.9 Å². The highest BCUT2D eigenvalue weighted by molar-refractivity contribution is 7.80. The minimum atomic E-state index is 0.518. The molecule has 0 aliphatic carbocycles. The van der Waals surface area contributed by atoms with E-state index < -0.39 is 0 Å². The van der Waals surface area contributed by atoms with Crippen molar-refractivity contribution in [2.75, 3.05) is 46.9 Å². The molecule has 38 heavy (non-hydrogen) atoms. The molecule has 1 N–H and O–H groups in total. The standard InChI is InChI=1S/C22H35N3S.C9H10O.C2H4/c1-4-19-7-6-18(16-20(19)5-2)8-12-23-21(26)25-15-11-22(17-25)9-13-24(3)14-10-22;1-3-8-5-4-6-9(7-8)10-2;1-2/h6-7,16H,4-5,8-15,17H2,1-3H3,(H,23,26);3-7H,1H2,2H3;1-2H2. The van der Waals surface area contributed by atoms with E-state index in [0.717, 1.165) is 55.3 Å². The molecular weight excluding hydrogens is 486 g/mol. The lowest BCUT2D eigenvalue weighted by molar-refractivity contribution is 0.134. The summed E-state index contributed by atoms with van der Waals surface area (Å²) < 4.78 is 5.01. The van der Waals surface area contributed by atoms with Gasteiger partial charge in [-0.05, 0) is 111 Å². The Balaban J connectivity index is 0.000000353. The molecular formula is C33H49N3OS. The largest absolute Gasteiger partial charge is 0.497 e. The van der Waals surface area contributed by atoms with Gasteiger partial charge in [-0.15, -0.1) is 13.2 Å². The van der Waals surface area contributed by atoms with Crippen LogP contribution in [-0.2, 0) is 19.3 Å². The molecule has 5 heteroatoms. The van der Waals surface area contributed by atoms with Crippen molar-refractivity contribution in [1.29, 1.82) is 0 Å². The fourth-order valence-corrected chi connectivity index (χ4v) is 5.57. The van der Waals surface area contributed by atoms with Crippen LogP contribution in [-0.4, -0.2) is 61.8 Å². The number of likely N-dealkylation sites (tertiary alicyclic amines) is 2. The molecule has 2 aromatic carbocycles. The Hall–Kier alpha value is -2.63. The molecule has 2 aliphatic rings. The van der Waals surface area contributed by atoms with E-state index in [4.69, 9.17) is 17.0 Å². The van der Waals surface area contributed by atoms with E-state index in [1.54, 1.807) is 13.2 Å². The normalized spacial score (nSPS) is 16.1. The third-order valence-electron chi connectivity index (χ3n) is 7.83. The van der Waals surface area contributed by atoms with Crippen LogP contribution in [0.2, 0.25) is 0 Å². The molecule has 0 radical (unpaired) electrons. The van der Waals surface area contributed by atoms with Crippen LogP contribution in [0.5, 0.6) is 5.75 Å². The number of thiocarbonyl (C=S) groups is 1. The summed E-state index contributed by atoms with van der Waals surface area (Å²) in [5.74, 6) is 0.873. The molecule has 0 saturated carbocycles. The number of piperidine rings is 1. The van der Waals surface area contributed by atoms with E-state index in [1.165, 1.54) is 49.0 Å². The minimum absolute atomic E-state index is 0.518. The predicted octanol–water partition coefficient (Wildman–Crippen LogP) is 6.79. The summed E-state index contributed by atoms with van der Waals surface area (Å²) in [6.07, 6.45) is 9.04. The van der Waals surface area contributed by atoms with Gasteiger partial charge in [-0.25, -0.2) is 0 Å². The maximum Gasteiger partial charge on any atom is 0.168 e. The molecule has 1 spiro atoms. The van der Waals surface area contributed by atoms with Gasteiger partial charge in [0, 0.05) is 19.6 Å². The first kappa shape index (κ1) is 31.6. The van der Waals surface area contributed by atoms with Crippen LogP contribution < -0.4 is 10.1 Å². The number of rotatable bonds is 7. The van der Waals surface area contributed by atoms with Crippen molar-refractivity contribution in [2.45, 2.75) is 52.4 Å². The number of ether oxygens (including phenoxy) is 1. The van der Waals surface area contributed by atoms with Gasteiger partial charge in [-0.1, -0.05) is 56.8 Å². The van der Waals surface area contributed by atoms with Crippen LogP contribution in [0, 0.1) is 5.41 Å². The Morgan fingerprint density at radius 3 is 2.34 bits per heavy atom. The van der Waals surface area contributed by atoms with Crippen molar-refractivity contribution in [3.05, 3.63) is 84.5 Å². The Labute approximate surface area is 237 Å². The molecule has 0 amide bonds. The summed E-state index contributed by atoms with van der Waals surface area (Å²) in [6, 6.07) is 14.7. The van der Waals surface area contributed by atoms with Crippen molar-refractivity contribution < 1.29 is 4.74 Å². The number of methoxy groups -OCH3 is 1. The van der Waals surface area contributed by atoms with Gasteiger partial charge in [0.25, 0.3) is 0 Å². The van der Waals surface area contributed by atoms with Gasteiger partial charge in [0.1, 0.15) is 5.75 Å². The Morgan fingerprint density at radius 1 is 1.03 bits per heavy atom. The van der Waals surface area contributed by atoms with E-state index in [1.807, 2.05) is 24.3 Å². The van der Waals surface area contributed by atoms with E-state index >= 15 is 0 Å². The average molecular weight is 536 g/mol. The highest BCUT2D eigenvalue weighted by Gasteiger charge is 2.40. The van der Waals surface area contributed by atoms with E-state index in [2.05, 4.69) is 73.9 Å². The molecule has 208 valence electrons. The second-order valence-corrected chi connectivity index (χ2v) is 10.6. The topological polar surface area (TPSA) is 27.7 Å². The number of hydrogen-bond donors (Lipinski definition) is 1. The Morgan fingerprint density at radius 2 is 1.71 bits per heavy atom. The predicted molar refractivity (Wildman–Crippen MR) is 169 cm³/mol. The molecule has 2 aromatic rings. The lowest BCUT2D eigenvalue weighted by atomic mass is 9.78. The Bertz CT molecular complexity index is 1010. The number of hydrogen-bond acceptors (Lipinski definition) is 3. The van der Waals surface area contributed by atoms with E-state index in [9.17, 15) is 0 Å². The highest BCUT2D eigenvalue weighted by atomic mass is 32.1. The molecule has 2 heterocycles. The van der Waals surface area contributed by atoms with Crippen LogP contribution in [0.4, 0.5) is 0 Å². The SMILES string of the molecule is C=C.C=Cc1cccc(OC)c1.CCc1ccc(CCNC(=S)N2CCC3(CCN(C)CC3)C2)cc1CC. The van der Waals surface area contributed by atoms with Crippen LogP contribution in [0.1, 0.15) is 55.4 Å². The average Bonchev–Trinajstić information content (AvgIpc) is 3.39. The first-order chi connectivity index (χ1) is 18.4. The third-order valence-corrected chi connectivity index (χ3v) is 8.23. The minimum Gasteiger partial charge on any atom is -0.497 e. The lowest BCUT2D eigenvalue weighted by Crippen LogP contribution is -2.43. The summed E-state index contributed by atoms with van der Waals surface area (Å²) >= 11 is 5.70. The van der Waals surface area contributed by atoms with Crippen molar-refractivity contribution in [1.82, 2.24) is 15.1 Å². The molecule has 4 rings (SSSR count). The maximum absolute atomic E-state index is 5.70. The summed E-state index contributed by atoms with van der Waals surface area (Å²) in [4.78, 5) is 4.87. The summed E-state index contributed by atoms with van der Waals surface area (Å²) in [5.41, 5.74) is 6.00. The van der Waals surface area contributed by atoms with Gasteiger partial charge in [-0.2, -0.15) is 0 Å². The zero-order valence-electron chi connectivity index (χ0n) is 24.2. The number of nitrogens with zero attached hydrogens (tertiary/aromatic N) is 2. The van der Waals surface area contributed by atoms with Crippen molar-refractivity contribution in [3.8, 4) is 5.75 Å². The van der Waals surface area contributed by atoms with E-state index in [0.29, 0.717) is 5.41 Å². The van der Waals surface area contributed by atoms with Crippen LogP contribution in [0.25, 0.3) is 6.08 Å². The molecule has 0 aromatic heterocycles. The fraction of sp³-hybridized carbons (Fsp3) is 0.485. The second kappa shape index (κ2) is 16.4. The summed E-state index contributed by atoms with van der Waals surface area (Å²) in [6.45, 7) is 19.8. The van der Waals surface area contributed by atoms with Gasteiger partial charge in [0.05, 0.1) is 7.11 Å². The van der Waals surface area contributed by atoms with Gasteiger partial charge in [0.15, 0.2) is 5.11 Å². The van der Waals surface area contributed by atoms with Crippen molar-refractivity contribution in [2.24, 2.45) is 5.41 Å². The second-order valence-electron chi connectivity index (χ2n) is 10.2. The monoisotopic (exact) mass is 535 g/mol. The van der Waals surface area contributed by atoms with Crippen molar-refractivity contribution in [3.63, 3.8) is 0 Å². The quantitative estimate of drug-likeness (QED) is 0.311. The van der Waals surface area contributed by atoms with Crippen molar-refractivity contribution >= 4 is 23.4 Å². The number of nitrogens with one attached hydrogen (secondary N) is 1. The van der Waals surface area contributed by atoms with Gasteiger partial charge in [0.2, 0.25) is 0 Å².